The lowest BCUT2D eigenvalue weighted by Gasteiger charge is -2.42. The molecule has 2 heterocycles. The highest BCUT2D eigenvalue weighted by atomic mass is 35.5. The van der Waals surface area contributed by atoms with Crippen molar-refractivity contribution in [2.45, 2.75) is 77.1 Å². The third-order valence-electron chi connectivity index (χ3n) is 5.12. The van der Waals surface area contributed by atoms with Crippen LogP contribution in [0.15, 0.2) is 0 Å². The minimum atomic E-state index is -0.0792. The highest BCUT2D eigenvalue weighted by Crippen LogP contribution is 2.37. The third-order valence-corrected chi connectivity index (χ3v) is 5.12. The molecule has 21 heavy (non-hydrogen) atoms. The Hall–Kier alpha value is -0.480. The Morgan fingerprint density at radius 1 is 1.19 bits per heavy atom. The fourth-order valence-electron chi connectivity index (χ4n) is 4.20. The smallest absolute Gasteiger partial charge is 0.411 e. The molecule has 3 aliphatic rings. The second-order valence-corrected chi connectivity index (χ2v) is 7.00. The van der Waals surface area contributed by atoms with Crippen LogP contribution in [0.1, 0.15) is 58.8 Å². The topological polar surface area (TPSA) is 32.8 Å². The molecule has 3 fully saturated rings. The number of amides is 1. The molecule has 2 bridgehead atoms. The fraction of sp³-hybridized carbons (Fsp3) is 0.938. The Bertz CT molecular complexity index is 358. The van der Waals surface area contributed by atoms with Crippen LogP contribution in [0.25, 0.3) is 0 Å². The van der Waals surface area contributed by atoms with E-state index in [-0.39, 0.29) is 24.6 Å². The summed E-state index contributed by atoms with van der Waals surface area (Å²) in [5.74, 6) is 0.804. The zero-order valence-electron chi connectivity index (χ0n) is 13.3. The quantitative estimate of drug-likeness (QED) is 0.797. The van der Waals surface area contributed by atoms with Gasteiger partial charge in [-0.3, -0.25) is 9.80 Å². The van der Waals surface area contributed by atoms with Crippen molar-refractivity contribution in [3.05, 3.63) is 0 Å². The van der Waals surface area contributed by atoms with Gasteiger partial charge in [0.25, 0.3) is 0 Å². The molecule has 1 aliphatic carbocycles. The van der Waals surface area contributed by atoms with Crippen LogP contribution in [0.5, 0.6) is 0 Å². The molecule has 0 aromatic rings. The van der Waals surface area contributed by atoms with E-state index in [4.69, 9.17) is 4.74 Å². The van der Waals surface area contributed by atoms with E-state index in [0.29, 0.717) is 12.2 Å². The van der Waals surface area contributed by atoms with Gasteiger partial charge in [-0.1, -0.05) is 19.3 Å². The van der Waals surface area contributed by atoms with E-state index < -0.39 is 0 Å². The number of fused-ring (bicyclic) bond motifs is 2. The van der Waals surface area contributed by atoms with Crippen molar-refractivity contribution in [3.8, 4) is 0 Å². The van der Waals surface area contributed by atoms with Gasteiger partial charge < -0.3 is 4.74 Å². The zero-order chi connectivity index (χ0) is 14.1. The molecule has 2 saturated heterocycles. The second-order valence-electron chi connectivity index (χ2n) is 7.00. The summed E-state index contributed by atoms with van der Waals surface area (Å²) >= 11 is 0. The van der Waals surface area contributed by atoms with Gasteiger partial charge in [0.05, 0.1) is 12.3 Å². The highest BCUT2D eigenvalue weighted by Gasteiger charge is 2.45. The molecular weight excluding hydrogens is 288 g/mol. The zero-order valence-corrected chi connectivity index (χ0v) is 14.1. The average Bonchev–Trinajstić information content (AvgIpc) is 3.02. The standard InChI is InChI=1S/C16H28N2O2.ClH/c1-12(2)20-16(19)18(14-6-4-3-5-7-14)15-10-13-8-9-17(15)11-13;/h12-15H,3-11H2,1-2H3;1H. The lowest BCUT2D eigenvalue weighted by atomic mass is 9.93. The van der Waals surface area contributed by atoms with Crippen LogP contribution in [-0.4, -0.2) is 47.3 Å². The maximum absolute atomic E-state index is 12.6. The molecule has 4 nitrogen and oxygen atoms in total. The van der Waals surface area contributed by atoms with Gasteiger partial charge in [-0.05, 0) is 45.4 Å². The largest absolute Gasteiger partial charge is 0.447 e. The highest BCUT2D eigenvalue weighted by molar-refractivity contribution is 5.85. The molecule has 3 rings (SSSR count). The van der Waals surface area contributed by atoms with E-state index in [2.05, 4.69) is 9.80 Å². The Kier molecular flexibility index (Phi) is 5.78. The van der Waals surface area contributed by atoms with E-state index >= 15 is 0 Å². The Balaban J connectivity index is 0.00000161. The summed E-state index contributed by atoms with van der Waals surface area (Å²) in [5.41, 5.74) is 0. The first-order valence-electron chi connectivity index (χ1n) is 8.38. The summed E-state index contributed by atoms with van der Waals surface area (Å²) < 4.78 is 5.55. The number of hydrogen-bond acceptors (Lipinski definition) is 3. The van der Waals surface area contributed by atoms with Crippen LogP contribution in [0.3, 0.4) is 0 Å². The van der Waals surface area contributed by atoms with Gasteiger partial charge in [0.1, 0.15) is 0 Å². The van der Waals surface area contributed by atoms with Gasteiger partial charge in [0, 0.05) is 19.1 Å². The molecule has 2 aliphatic heterocycles. The fourth-order valence-corrected chi connectivity index (χ4v) is 4.20. The maximum atomic E-state index is 12.6. The minimum Gasteiger partial charge on any atom is -0.447 e. The number of hydrogen-bond donors (Lipinski definition) is 0. The van der Waals surface area contributed by atoms with Crippen molar-refractivity contribution in [3.63, 3.8) is 0 Å². The number of carbonyl (C=O) groups is 1. The summed E-state index contributed by atoms with van der Waals surface area (Å²) in [6, 6.07) is 0.402. The van der Waals surface area contributed by atoms with E-state index in [0.717, 1.165) is 31.7 Å². The van der Waals surface area contributed by atoms with E-state index in [9.17, 15) is 4.79 Å². The molecule has 0 radical (unpaired) electrons. The first-order valence-corrected chi connectivity index (χ1v) is 8.38. The van der Waals surface area contributed by atoms with Gasteiger partial charge in [-0.15, -0.1) is 12.4 Å². The molecule has 122 valence electrons. The molecule has 0 N–H and O–H groups in total. The van der Waals surface area contributed by atoms with E-state index in [1.54, 1.807) is 0 Å². The van der Waals surface area contributed by atoms with Crippen LogP contribution < -0.4 is 0 Å². The van der Waals surface area contributed by atoms with Gasteiger partial charge in [0.15, 0.2) is 0 Å². The molecule has 1 saturated carbocycles. The Labute approximate surface area is 134 Å². The first-order chi connectivity index (χ1) is 9.65. The molecule has 0 aromatic carbocycles. The molecule has 5 heteroatoms. The van der Waals surface area contributed by atoms with Crippen molar-refractivity contribution in [1.82, 2.24) is 9.80 Å². The van der Waals surface area contributed by atoms with E-state index in [1.807, 2.05) is 13.8 Å². The van der Waals surface area contributed by atoms with Crippen LogP contribution in [0.4, 0.5) is 4.79 Å². The monoisotopic (exact) mass is 316 g/mol. The van der Waals surface area contributed by atoms with Crippen LogP contribution >= 0.6 is 12.4 Å². The summed E-state index contributed by atoms with van der Waals surface area (Å²) in [4.78, 5) is 17.2. The van der Waals surface area contributed by atoms with Crippen molar-refractivity contribution in [1.29, 1.82) is 0 Å². The lowest BCUT2D eigenvalue weighted by Crippen LogP contribution is -2.54. The van der Waals surface area contributed by atoms with Crippen molar-refractivity contribution in [2.75, 3.05) is 13.1 Å². The normalized spacial score (nSPS) is 32.0. The number of carbonyl (C=O) groups excluding carboxylic acids is 1. The molecule has 1 amide bonds. The summed E-state index contributed by atoms with van der Waals surface area (Å²) in [6.07, 6.45) is 8.82. The maximum Gasteiger partial charge on any atom is 0.411 e. The summed E-state index contributed by atoms with van der Waals surface area (Å²) in [7, 11) is 0. The molecular formula is C16H29ClN2O2. The molecule has 3 atom stereocenters. The predicted molar refractivity (Wildman–Crippen MR) is 85.7 cm³/mol. The van der Waals surface area contributed by atoms with Crippen LogP contribution in [0, 0.1) is 5.92 Å². The van der Waals surface area contributed by atoms with Gasteiger partial charge in [-0.2, -0.15) is 0 Å². The van der Waals surface area contributed by atoms with Gasteiger partial charge in [0.2, 0.25) is 0 Å². The minimum absolute atomic E-state index is 0. The third kappa shape index (κ3) is 3.65. The van der Waals surface area contributed by atoms with Crippen molar-refractivity contribution in [2.24, 2.45) is 5.92 Å². The number of halogens is 1. The molecule has 0 spiro atoms. The van der Waals surface area contributed by atoms with Crippen molar-refractivity contribution < 1.29 is 9.53 Å². The molecule has 3 unspecified atom stereocenters. The number of piperidine rings is 1. The van der Waals surface area contributed by atoms with E-state index in [1.165, 1.54) is 32.2 Å². The number of ether oxygens (including phenoxy) is 1. The lowest BCUT2D eigenvalue weighted by molar-refractivity contribution is -0.000360. The Morgan fingerprint density at radius 3 is 2.43 bits per heavy atom. The second kappa shape index (κ2) is 7.19. The SMILES string of the molecule is CC(C)OC(=O)N(C1CCCCC1)C1CC2CCN1C2.Cl. The number of nitrogens with zero attached hydrogens (tertiary/aromatic N) is 2. The molecule has 0 aromatic heterocycles. The summed E-state index contributed by atoms with van der Waals surface area (Å²) in [6.45, 7) is 6.23. The van der Waals surface area contributed by atoms with Crippen molar-refractivity contribution >= 4 is 18.5 Å². The average molecular weight is 317 g/mol. The summed E-state index contributed by atoms with van der Waals surface area (Å²) in [5, 5.41) is 0. The number of rotatable bonds is 3. The van der Waals surface area contributed by atoms with Gasteiger partial charge >= 0.3 is 6.09 Å². The van der Waals surface area contributed by atoms with Crippen LogP contribution in [-0.2, 0) is 4.74 Å². The van der Waals surface area contributed by atoms with Crippen LogP contribution in [0.2, 0.25) is 0 Å². The van der Waals surface area contributed by atoms with Gasteiger partial charge in [-0.25, -0.2) is 4.79 Å². The Morgan fingerprint density at radius 2 is 1.90 bits per heavy atom. The predicted octanol–water partition coefficient (Wildman–Crippen LogP) is 3.64. The first kappa shape index (κ1) is 16.9.